The topological polar surface area (TPSA) is 86.7 Å². The second-order valence-corrected chi connectivity index (χ2v) is 3.91. The second kappa shape index (κ2) is 5.23. The van der Waals surface area contributed by atoms with Gasteiger partial charge in [-0.2, -0.15) is 13.2 Å². The van der Waals surface area contributed by atoms with E-state index >= 15 is 0 Å². The van der Waals surface area contributed by atoms with Crippen LogP contribution in [0.3, 0.4) is 0 Å². The Bertz CT molecular complexity index is 369. The third-order valence-electron chi connectivity index (χ3n) is 2.38. The first-order chi connectivity index (χ1) is 8.19. The van der Waals surface area contributed by atoms with Gasteiger partial charge < -0.3 is 15.3 Å². The molecule has 1 rings (SSSR count). The number of amides is 2. The first-order valence-corrected chi connectivity index (χ1v) is 5.03. The first kappa shape index (κ1) is 14.3. The largest absolute Gasteiger partial charge is 0.481 e. The van der Waals surface area contributed by atoms with E-state index in [1.807, 2.05) is 0 Å². The van der Waals surface area contributed by atoms with Crippen LogP contribution in [0.2, 0.25) is 0 Å². The molecule has 1 saturated heterocycles. The number of rotatable bonds is 4. The third kappa shape index (κ3) is 4.22. The Balaban J connectivity index is 2.41. The van der Waals surface area contributed by atoms with Gasteiger partial charge in [0.2, 0.25) is 11.8 Å². The number of halogens is 3. The van der Waals surface area contributed by atoms with E-state index < -0.39 is 43.0 Å². The molecule has 0 spiro atoms. The van der Waals surface area contributed by atoms with Crippen LogP contribution in [0.5, 0.6) is 0 Å². The normalized spacial score (nSPS) is 20.1. The van der Waals surface area contributed by atoms with Crippen LogP contribution in [0.1, 0.15) is 6.42 Å². The summed E-state index contributed by atoms with van der Waals surface area (Å²) in [6.45, 7) is -2.19. The average Bonchev–Trinajstić information content (AvgIpc) is 2.57. The van der Waals surface area contributed by atoms with Crippen LogP contribution in [0.25, 0.3) is 0 Å². The molecule has 9 heteroatoms. The van der Waals surface area contributed by atoms with Gasteiger partial charge in [0.25, 0.3) is 0 Å². The summed E-state index contributed by atoms with van der Waals surface area (Å²) in [7, 11) is 0. The number of carboxylic acid groups (broad SMARTS) is 1. The maximum absolute atomic E-state index is 11.8. The summed E-state index contributed by atoms with van der Waals surface area (Å²) >= 11 is 0. The SMILES string of the molecule is O=C(CN1CC(C(=O)O)CC1=O)NCC(F)(F)F. The summed E-state index contributed by atoms with van der Waals surface area (Å²) in [4.78, 5) is 33.9. The number of hydrogen-bond acceptors (Lipinski definition) is 3. The highest BCUT2D eigenvalue weighted by atomic mass is 19.4. The molecule has 102 valence electrons. The monoisotopic (exact) mass is 268 g/mol. The fourth-order valence-corrected chi connectivity index (χ4v) is 1.52. The molecule has 0 aliphatic carbocycles. The fourth-order valence-electron chi connectivity index (χ4n) is 1.52. The van der Waals surface area contributed by atoms with Crippen LogP contribution < -0.4 is 5.32 Å². The van der Waals surface area contributed by atoms with Crippen molar-refractivity contribution in [2.24, 2.45) is 5.92 Å². The molecule has 2 amide bonds. The Kier molecular flexibility index (Phi) is 4.15. The molecule has 2 N–H and O–H groups in total. The number of alkyl halides is 3. The number of carbonyl (C=O) groups excluding carboxylic acids is 2. The van der Waals surface area contributed by atoms with Crippen LogP contribution in [-0.4, -0.2) is 53.6 Å². The molecule has 6 nitrogen and oxygen atoms in total. The summed E-state index contributed by atoms with van der Waals surface area (Å²) in [5, 5.41) is 10.3. The summed E-state index contributed by atoms with van der Waals surface area (Å²) in [5.41, 5.74) is 0. The quantitative estimate of drug-likeness (QED) is 0.726. The minimum Gasteiger partial charge on any atom is -0.481 e. The van der Waals surface area contributed by atoms with E-state index in [1.54, 1.807) is 5.32 Å². The number of likely N-dealkylation sites (tertiary alicyclic amines) is 1. The lowest BCUT2D eigenvalue weighted by Crippen LogP contribution is -2.41. The highest BCUT2D eigenvalue weighted by Gasteiger charge is 2.35. The van der Waals surface area contributed by atoms with Crippen molar-refractivity contribution in [3.63, 3.8) is 0 Å². The molecule has 0 bridgehead atoms. The van der Waals surface area contributed by atoms with E-state index in [1.165, 1.54) is 0 Å². The number of aliphatic carboxylic acids is 1. The molecule has 0 saturated carbocycles. The maximum atomic E-state index is 11.8. The van der Waals surface area contributed by atoms with Gasteiger partial charge in [-0.05, 0) is 0 Å². The highest BCUT2D eigenvalue weighted by Crippen LogP contribution is 2.17. The third-order valence-corrected chi connectivity index (χ3v) is 2.38. The van der Waals surface area contributed by atoms with Gasteiger partial charge in [0, 0.05) is 13.0 Å². The summed E-state index contributed by atoms with van der Waals surface area (Å²) in [6.07, 6.45) is -4.75. The van der Waals surface area contributed by atoms with Gasteiger partial charge in [0.1, 0.15) is 6.54 Å². The number of carboxylic acids is 1. The minimum atomic E-state index is -4.52. The molecule has 1 fully saturated rings. The molecule has 1 unspecified atom stereocenters. The lowest BCUT2D eigenvalue weighted by Gasteiger charge is -2.16. The van der Waals surface area contributed by atoms with Crippen LogP contribution in [0.15, 0.2) is 0 Å². The van der Waals surface area contributed by atoms with Gasteiger partial charge in [-0.25, -0.2) is 0 Å². The van der Waals surface area contributed by atoms with Gasteiger partial charge >= 0.3 is 12.1 Å². The van der Waals surface area contributed by atoms with Crippen LogP contribution in [0.4, 0.5) is 13.2 Å². The maximum Gasteiger partial charge on any atom is 0.405 e. The Morgan fingerprint density at radius 1 is 1.44 bits per heavy atom. The molecule has 1 aliphatic rings. The van der Waals surface area contributed by atoms with E-state index in [2.05, 4.69) is 0 Å². The molecule has 1 atom stereocenters. The van der Waals surface area contributed by atoms with E-state index in [9.17, 15) is 27.6 Å². The predicted octanol–water partition coefficient (Wildman–Crippen LogP) is -0.402. The van der Waals surface area contributed by atoms with Crippen molar-refractivity contribution in [2.45, 2.75) is 12.6 Å². The molecule has 0 radical (unpaired) electrons. The summed E-state index contributed by atoms with van der Waals surface area (Å²) in [6, 6.07) is 0. The molecule has 18 heavy (non-hydrogen) atoms. The van der Waals surface area contributed by atoms with E-state index in [0.717, 1.165) is 4.90 Å². The van der Waals surface area contributed by atoms with Gasteiger partial charge in [0.15, 0.2) is 0 Å². The van der Waals surface area contributed by atoms with Crippen molar-refractivity contribution in [2.75, 3.05) is 19.6 Å². The van der Waals surface area contributed by atoms with Gasteiger partial charge in [-0.3, -0.25) is 14.4 Å². The zero-order chi connectivity index (χ0) is 13.9. The van der Waals surface area contributed by atoms with Crippen molar-refractivity contribution in [3.8, 4) is 0 Å². The Labute approximate surface area is 99.7 Å². The van der Waals surface area contributed by atoms with E-state index in [4.69, 9.17) is 5.11 Å². The first-order valence-electron chi connectivity index (χ1n) is 5.03. The standard InChI is InChI=1S/C9H11F3N2O4/c10-9(11,12)4-13-6(15)3-14-2-5(8(17)18)1-7(14)16/h5H,1-4H2,(H,13,15)(H,17,18). The average molecular weight is 268 g/mol. The van der Waals surface area contributed by atoms with E-state index in [-0.39, 0.29) is 13.0 Å². The van der Waals surface area contributed by atoms with Crippen LogP contribution in [0, 0.1) is 5.92 Å². The van der Waals surface area contributed by atoms with E-state index in [0.29, 0.717) is 0 Å². The smallest absolute Gasteiger partial charge is 0.405 e. The number of nitrogens with zero attached hydrogens (tertiary/aromatic N) is 1. The Morgan fingerprint density at radius 2 is 2.06 bits per heavy atom. The van der Waals surface area contributed by atoms with Gasteiger partial charge in [0.05, 0.1) is 12.5 Å². The Morgan fingerprint density at radius 3 is 2.50 bits per heavy atom. The molecule has 0 aromatic carbocycles. The summed E-state index contributed by atoms with van der Waals surface area (Å²) < 4.78 is 35.4. The van der Waals surface area contributed by atoms with Crippen molar-refractivity contribution in [3.05, 3.63) is 0 Å². The Hall–Kier alpha value is -1.80. The van der Waals surface area contributed by atoms with Gasteiger partial charge in [-0.1, -0.05) is 0 Å². The molecule has 0 aromatic rings. The second-order valence-electron chi connectivity index (χ2n) is 3.91. The lowest BCUT2D eigenvalue weighted by atomic mass is 10.1. The molecule has 0 aromatic heterocycles. The fraction of sp³-hybridized carbons (Fsp3) is 0.667. The molecule has 1 heterocycles. The van der Waals surface area contributed by atoms with Crippen molar-refractivity contribution >= 4 is 17.8 Å². The van der Waals surface area contributed by atoms with Crippen LogP contribution in [-0.2, 0) is 14.4 Å². The van der Waals surface area contributed by atoms with Crippen molar-refractivity contribution in [1.82, 2.24) is 10.2 Å². The lowest BCUT2D eigenvalue weighted by molar-refractivity contribution is -0.141. The van der Waals surface area contributed by atoms with Crippen LogP contribution >= 0.6 is 0 Å². The predicted molar refractivity (Wildman–Crippen MR) is 51.4 cm³/mol. The molecular formula is C9H11F3N2O4. The van der Waals surface area contributed by atoms with Gasteiger partial charge in [-0.15, -0.1) is 0 Å². The summed E-state index contributed by atoms with van der Waals surface area (Å²) in [5.74, 6) is -3.59. The zero-order valence-electron chi connectivity index (χ0n) is 9.16. The number of nitrogens with one attached hydrogen (secondary N) is 1. The number of hydrogen-bond donors (Lipinski definition) is 2. The van der Waals surface area contributed by atoms with Crippen molar-refractivity contribution in [1.29, 1.82) is 0 Å². The van der Waals surface area contributed by atoms with Crippen molar-refractivity contribution < 1.29 is 32.7 Å². The highest BCUT2D eigenvalue weighted by molar-refractivity contribution is 5.89. The molecule has 1 aliphatic heterocycles. The zero-order valence-corrected chi connectivity index (χ0v) is 9.16. The number of carbonyl (C=O) groups is 3. The molecular weight excluding hydrogens is 257 g/mol. The minimum absolute atomic E-state index is 0.159.